The quantitative estimate of drug-likeness (QED) is 0.682. The van der Waals surface area contributed by atoms with Crippen molar-refractivity contribution >= 4 is 11.6 Å². The van der Waals surface area contributed by atoms with Gasteiger partial charge < -0.3 is 9.32 Å². The van der Waals surface area contributed by atoms with Crippen LogP contribution in [0.15, 0.2) is 22.8 Å². The molecule has 1 aromatic heterocycles. The van der Waals surface area contributed by atoms with Crippen molar-refractivity contribution < 1.29 is 4.42 Å². The van der Waals surface area contributed by atoms with E-state index < -0.39 is 0 Å². The molecule has 1 atom stereocenters. The predicted octanol–water partition coefficient (Wildman–Crippen LogP) is 2.90. The van der Waals surface area contributed by atoms with Gasteiger partial charge in [-0.2, -0.15) is 0 Å². The van der Waals surface area contributed by atoms with E-state index in [1.165, 1.54) is 0 Å². The summed E-state index contributed by atoms with van der Waals surface area (Å²) in [5.74, 6) is 0.855. The number of hydrogen-bond acceptors (Lipinski definition) is 2. The van der Waals surface area contributed by atoms with Crippen LogP contribution in [0.3, 0.4) is 0 Å². The molecule has 1 heterocycles. The smallest absolute Gasteiger partial charge is 0.122 e. The molecule has 0 saturated heterocycles. The number of furan rings is 1. The van der Waals surface area contributed by atoms with Gasteiger partial charge in [-0.05, 0) is 25.2 Å². The molecule has 0 aliphatic rings. The van der Waals surface area contributed by atoms with Gasteiger partial charge in [0.2, 0.25) is 0 Å². The lowest BCUT2D eigenvalue weighted by Gasteiger charge is -2.19. The van der Waals surface area contributed by atoms with Crippen molar-refractivity contribution in [2.75, 3.05) is 19.6 Å². The first kappa shape index (κ1) is 10.6. The van der Waals surface area contributed by atoms with E-state index in [-0.39, 0.29) is 5.38 Å². The first-order chi connectivity index (χ1) is 6.27. The summed E-state index contributed by atoms with van der Waals surface area (Å²) in [6.07, 6.45) is 1.66. The van der Waals surface area contributed by atoms with Crippen molar-refractivity contribution in [3.8, 4) is 0 Å². The van der Waals surface area contributed by atoms with E-state index in [1.807, 2.05) is 12.1 Å². The fraction of sp³-hybridized carbons (Fsp3) is 0.600. The van der Waals surface area contributed by atoms with Gasteiger partial charge in [0.1, 0.15) is 11.1 Å². The van der Waals surface area contributed by atoms with E-state index >= 15 is 0 Å². The summed E-state index contributed by atoms with van der Waals surface area (Å²) in [7, 11) is 0. The fourth-order valence-corrected chi connectivity index (χ4v) is 1.59. The molecule has 0 amide bonds. The molecule has 0 fully saturated rings. The molecule has 2 nitrogen and oxygen atoms in total. The second kappa shape index (κ2) is 5.30. The summed E-state index contributed by atoms with van der Waals surface area (Å²) in [5.41, 5.74) is 0. The monoisotopic (exact) mass is 201 g/mol. The average Bonchev–Trinajstić information content (AvgIpc) is 2.66. The zero-order valence-corrected chi connectivity index (χ0v) is 8.92. The van der Waals surface area contributed by atoms with Gasteiger partial charge in [0, 0.05) is 6.54 Å². The van der Waals surface area contributed by atoms with Crippen LogP contribution >= 0.6 is 11.6 Å². The van der Waals surface area contributed by atoms with Crippen molar-refractivity contribution in [3.63, 3.8) is 0 Å². The van der Waals surface area contributed by atoms with Gasteiger partial charge in [0.15, 0.2) is 0 Å². The van der Waals surface area contributed by atoms with Gasteiger partial charge in [-0.3, -0.25) is 0 Å². The van der Waals surface area contributed by atoms with Crippen molar-refractivity contribution in [3.05, 3.63) is 24.2 Å². The maximum absolute atomic E-state index is 6.16. The Morgan fingerprint density at radius 2 is 2.15 bits per heavy atom. The Kier molecular flexibility index (Phi) is 4.33. The SMILES string of the molecule is CCN(CC)CC(Cl)c1ccco1. The molecule has 13 heavy (non-hydrogen) atoms. The zero-order valence-electron chi connectivity index (χ0n) is 8.16. The van der Waals surface area contributed by atoms with E-state index in [4.69, 9.17) is 16.0 Å². The van der Waals surface area contributed by atoms with Gasteiger partial charge in [-0.1, -0.05) is 13.8 Å². The first-order valence-corrected chi connectivity index (χ1v) is 5.11. The predicted molar refractivity (Wildman–Crippen MR) is 55.1 cm³/mol. The highest BCUT2D eigenvalue weighted by molar-refractivity contribution is 6.20. The summed E-state index contributed by atoms with van der Waals surface area (Å²) >= 11 is 6.16. The van der Waals surface area contributed by atoms with E-state index in [9.17, 15) is 0 Å². The summed E-state index contributed by atoms with van der Waals surface area (Å²) in [6.45, 7) is 7.17. The molecule has 74 valence electrons. The van der Waals surface area contributed by atoms with Crippen molar-refractivity contribution in [1.82, 2.24) is 4.90 Å². The normalized spacial score (nSPS) is 13.5. The van der Waals surface area contributed by atoms with Gasteiger partial charge in [-0.25, -0.2) is 0 Å². The van der Waals surface area contributed by atoms with Gasteiger partial charge in [0.25, 0.3) is 0 Å². The second-order valence-electron chi connectivity index (χ2n) is 2.97. The van der Waals surface area contributed by atoms with Crippen LogP contribution in [-0.4, -0.2) is 24.5 Å². The van der Waals surface area contributed by atoms with Gasteiger partial charge >= 0.3 is 0 Å². The fourth-order valence-electron chi connectivity index (χ4n) is 1.27. The third kappa shape index (κ3) is 3.05. The van der Waals surface area contributed by atoms with Crippen molar-refractivity contribution in [2.45, 2.75) is 19.2 Å². The van der Waals surface area contributed by atoms with E-state index in [0.717, 1.165) is 25.4 Å². The van der Waals surface area contributed by atoms with Crippen LogP contribution in [0, 0.1) is 0 Å². The van der Waals surface area contributed by atoms with Crippen LogP contribution in [0.5, 0.6) is 0 Å². The summed E-state index contributed by atoms with van der Waals surface area (Å²) in [5, 5.41) is -0.0325. The third-order valence-electron chi connectivity index (χ3n) is 2.16. The molecule has 0 saturated carbocycles. The minimum Gasteiger partial charge on any atom is -0.468 e. The molecule has 0 radical (unpaired) electrons. The lowest BCUT2D eigenvalue weighted by atomic mass is 10.3. The number of nitrogens with zero attached hydrogens (tertiary/aromatic N) is 1. The number of halogens is 1. The minimum absolute atomic E-state index is 0.0325. The van der Waals surface area contributed by atoms with Gasteiger partial charge in [0.05, 0.1) is 6.26 Å². The molecule has 0 aliphatic carbocycles. The Bertz CT molecular complexity index is 219. The topological polar surface area (TPSA) is 16.4 Å². The Morgan fingerprint density at radius 1 is 1.46 bits per heavy atom. The van der Waals surface area contributed by atoms with Crippen LogP contribution < -0.4 is 0 Å². The van der Waals surface area contributed by atoms with Crippen molar-refractivity contribution in [2.24, 2.45) is 0 Å². The third-order valence-corrected chi connectivity index (χ3v) is 2.52. The van der Waals surface area contributed by atoms with Crippen LogP contribution in [0.2, 0.25) is 0 Å². The van der Waals surface area contributed by atoms with Crippen LogP contribution in [0.25, 0.3) is 0 Å². The van der Waals surface area contributed by atoms with E-state index in [1.54, 1.807) is 6.26 Å². The highest BCUT2D eigenvalue weighted by Crippen LogP contribution is 2.21. The zero-order chi connectivity index (χ0) is 9.68. The Balaban J connectivity index is 2.45. The second-order valence-corrected chi connectivity index (χ2v) is 3.50. The van der Waals surface area contributed by atoms with Crippen LogP contribution in [-0.2, 0) is 0 Å². The molecule has 0 bridgehead atoms. The average molecular weight is 202 g/mol. The highest BCUT2D eigenvalue weighted by atomic mass is 35.5. The molecule has 0 aliphatic heterocycles. The molecule has 0 N–H and O–H groups in total. The number of hydrogen-bond donors (Lipinski definition) is 0. The van der Waals surface area contributed by atoms with E-state index in [0.29, 0.717) is 0 Å². The molecular formula is C10H16ClNO. The lowest BCUT2D eigenvalue weighted by molar-refractivity contribution is 0.294. The molecule has 3 heteroatoms. The van der Waals surface area contributed by atoms with Crippen molar-refractivity contribution in [1.29, 1.82) is 0 Å². The largest absolute Gasteiger partial charge is 0.468 e. The van der Waals surface area contributed by atoms with Crippen LogP contribution in [0.1, 0.15) is 25.0 Å². The highest BCUT2D eigenvalue weighted by Gasteiger charge is 2.13. The Morgan fingerprint density at radius 3 is 2.62 bits per heavy atom. The Labute approximate surface area is 84.5 Å². The molecular weight excluding hydrogens is 186 g/mol. The number of likely N-dealkylation sites (N-methyl/N-ethyl adjacent to an activating group) is 1. The van der Waals surface area contributed by atoms with E-state index in [2.05, 4.69) is 18.7 Å². The summed E-state index contributed by atoms with van der Waals surface area (Å²) < 4.78 is 5.23. The molecule has 1 rings (SSSR count). The molecule has 0 aromatic carbocycles. The lowest BCUT2D eigenvalue weighted by Crippen LogP contribution is -2.26. The molecule has 1 aromatic rings. The van der Waals surface area contributed by atoms with Crippen LogP contribution in [0.4, 0.5) is 0 Å². The summed E-state index contributed by atoms with van der Waals surface area (Å²) in [4.78, 5) is 2.28. The molecule has 0 spiro atoms. The Hall–Kier alpha value is -0.470. The minimum atomic E-state index is -0.0325. The standard InChI is InChI=1S/C10H16ClNO/c1-3-12(4-2)8-9(11)10-6-5-7-13-10/h5-7,9H,3-4,8H2,1-2H3. The first-order valence-electron chi connectivity index (χ1n) is 4.67. The number of alkyl halides is 1. The summed E-state index contributed by atoms with van der Waals surface area (Å²) in [6, 6.07) is 3.79. The van der Waals surface area contributed by atoms with Gasteiger partial charge in [-0.15, -0.1) is 11.6 Å². The maximum atomic E-state index is 6.16. The number of rotatable bonds is 5. The maximum Gasteiger partial charge on any atom is 0.122 e. The molecule has 1 unspecified atom stereocenters.